The molecule has 0 aliphatic rings. The largest absolute Gasteiger partial charge is 0.355 e. The van der Waals surface area contributed by atoms with Gasteiger partial charge in [0.2, 0.25) is 11.8 Å². The molecule has 1 atom stereocenters. The third-order valence-electron chi connectivity index (χ3n) is 5.93. The molecule has 3 rings (SSSR count). The van der Waals surface area contributed by atoms with Gasteiger partial charge in [-0.2, -0.15) is 0 Å². The Balaban J connectivity index is 2.05. The van der Waals surface area contributed by atoms with E-state index in [9.17, 15) is 18.0 Å². The second-order valence-electron chi connectivity index (χ2n) is 8.44. The average Bonchev–Trinajstić information content (AvgIpc) is 2.89. The second kappa shape index (κ2) is 12.4. The molecule has 190 valence electrons. The molecular formula is C28H33N3O4S. The summed E-state index contributed by atoms with van der Waals surface area (Å²) in [5.74, 6) is -0.725. The number of rotatable bonds is 11. The van der Waals surface area contributed by atoms with Gasteiger partial charge in [-0.15, -0.1) is 0 Å². The fourth-order valence-electron chi connectivity index (χ4n) is 4.07. The van der Waals surface area contributed by atoms with Crippen molar-refractivity contribution in [2.45, 2.75) is 44.7 Å². The summed E-state index contributed by atoms with van der Waals surface area (Å²) in [7, 11) is -4.06. The molecule has 0 spiro atoms. The molecule has 1 N–H and O–H groups in total. The van der Waals surface area contributed by atoms with Crippen LogP contribution in [0.25, 0.3) is 0 Å². The fraction of sp³-hybridized carbons (Fsp3) is 0.286. The Hall–Kier alpha value is -3.65. The fourth-order valence-corrected chi connectivity index (χ4v) is 5.57. The number of nitrogens with one attached hydrogen (secondary N) is 1. The topological polar surface area (TPSA) is 86.8 Å². The van der Waals surface area contributed by atoms with E-state index in [2.05, 4.69) is 5.32 Å². The zero-order chi connectivity index (χ0) is 26.1. The Bertz CT molecular complexity index is 1260. The number of hydrogen-bond donors (Lipinski definition) is 1. The van der Waals surface area contributed by atoms with E-state index in [4.69, 9.17) is 0 Å². The summed E-state index contributed by atoms with van der Waals surface area (Å²) in [4.78, 5) is 28.3. The normalized spacial score (nSPS) is 12.0. The van der Waals surface area contributed by atoms with Gasteiger partial charge < -0.3 is 10.2 Å². The van der Waals surface area contributed by atoms with E-state index < -0.39 is 28.5 Å². The van der Waals surface area contributed by atoms with Crippen LogP contribution in [0, 0.1) is 6.92 Å². The van der Waals surface area contributed by atoms with Crippen molar-refractivity contribution in [3.8, 4) is 0 Å². The average molecular weight is 508 g/mol. The van der Waals surface area contributed by atoms with Crippen LogP contribution in [0.4, 0.5) is 5.69 Å². The molecule has 7 nitrogen and oxygen atoms in total. The first-order valence-corrected chi connectivity index (χ1v) is 13.5. The van der Waals surface area contributed by atoms with E-state index in [-0.39, 0.29) is 17.3 Å². The van der Waals surface area contributed by atoms with Crippen molar-refractivity contribution in [3.05, 3.63) is 96.1 Å². The molecule has 0 aromatic heterocycles. The van der Waals surface area contributed by atoms with Gasteiger partial charge in [0.15, 0.2) is 0 Å². The van der Waals surface area contributed by atoms with Crippen molar-refractivity contribution < 1.29 is 18.0 Å². The highest BCUT2D eigenvalue weighted by Crippen LogP contribution is 2.27. The maximum atomic E-state index is 13.9. The van der Waals surface area contributed by atoms with Gasteiger partial charge in [0.25, 0.3) is 10.0 Å². The summed E-state index contributed by atoms with van der Waals surface area (Å²) in [5.41, 5.74) is 1.98. The van der Waals surface area contributed by atoms with Gasteiger partial charge in [-0.1, -0.05) is 73.7 Å². The molecule has 8 heteroatoms. The summed E-state index contributed by atoms with van der Waals surface area (Å²) in [5, 5.41) is 2.80. The number of carbonyl (C=O) groups is 2. The molecule has 0 fully saturated rings. The van der Waals surface area contributed by atoms with Crippen molar-refractivity contribution in [1.82, 2.24) is 10.2 Å². The summed E-state index contributed by atoms with van der Waals surface area (Å²) < 4.78 is 28.6. The van der Waals surface area contributed by atoms with Gasteiger partial charge in [-0.25, -0.2) is 8.42 Å². The van der Waals surface area contributed by atoms with Gasteiger partial charge >= 0.3 is 0 Å². The predicted octanol–water partition coefficient (Wildman–Crippen LogP) is 4.13. The van der Waals surface area contributed by atoms with Crippen LogP contribution >= 0.6 is 0 Å². The number of sulfonamides is 1. The summed E-state index contributed by atoms with van der Waals surface area (Å²) in [6.45, 7) is 5.64. The van der Waals surface area contributed by atoms with Gasteiger partial charge in [0, 0.05) is 13.1 Å². The van der Waals surface area contributed by atoms with E-state index in [1.165, 1.54) is 17.0 Å². The Morgan fingerprint density at radius 3 is 2.03 bits per heavy atom. The Kier molecular flexibility index (Phi) is 9.25. The molecule has 3 aromatic carbocycles. The number of amides is 2. The molecule has 0 bridgehead atoms. The highest BCUT2D eigenvalue weighted by Gasteiger charge is 2.33. The maximum Gasteiger partial charge on any atom is 0.264 e. The molecule has 0 aliphatic carbocycles. The van der Waals surface area contributed by atoms with E-state index in [1.807, 2.05) is 50.2 Å². The lowest BCUT2D eigenvalue weighted by Gasteiger charge is -2.33. The minimum absolute atomic E-state index is 0.0893. The van der Waals surface area contributed by atoms with Crippen LogP contribution in [-0.4, -0.2) is 44.3 Å². The molecule has 0 aliphatic heterocycles. The van der Waals surface area contributed by atoms with Gasteiger partial charge in [0.1, 0.15) is 12.6 Å². The number of nitrogens with zero attached hydrogens (tertiary/aromatic N) is 2. The summed E-state index contributed by atoms with van der Waals surface area (Å²) in [6, 6.07) is 23.7. The SMILES string of the molecule is CCNC(=O)[C@H](CC)N(Cc1ccccc1)C(=O)CN(c1ccccc1C)S(=O)(=O)c1ccccc1. The quantitative estimate of drug-likeness (QED) is 0.423. The highest BCUT2D eigenvalue weighted by atomic mass is 32.2. The van der Waals surface area contributed by atoms with Crippen molar-refractivity contribution in [1.29, 1.82) is 0 Å². The first-order valence-electron chi connectivity index (χ1n) is 12.0. The number of para-hydroxylation sites is 1. The third-order valence-corrected chi connectivity index (χ3v) is 7.70. The molecule has 2 amide bonds. The lowest BCUT2D eigenvalue weighted by atomic mass is 10.1. The molecule has 0 heterocycles. The van der Waals surface area contributed by atoms with Crippen LogP contribution in [0.3, 0.4) is 0 Å². The van der Waals surface area contributed by atoms with E-state index in [0.29, 0.717) is 18.7 Å². The van der Waals surface area contributed by atoms with Crippen LogP contribution in [0.15, 0.2) is 89.8 Å². The first kappa shape index (κ1) is 26.9. The lowest BCUT2D eigenvalue weighted by molar-refractivity contribution is -0.140. The molecule has 36 heavy (non-hydrogen) atoms. The van der Waals surface area contributed by atoms with E-state index >= 15 is 0 Å². The number of anilines is 1. The zero-order valence-corrected chi connectivity index (χ0v) is 21.7. The minimum Gasteiger partial charge on any atom is -0.355 e. The smallest absolute Gasteiger partial charge is 0.264 e. The molecule has 0 unspecified atom stereocenters. The predicted molar refractivity (Wildman–Crippen MR) is 142 cm³/mol. The third kappa shape index (κ3) is 6.31. The number of benzene rings is 3. The number of aryl methyl sites for hydroxylation is 1. The van der Waals surface area contributed by atoms with Crippen molar-refractivity contribution >= 4 is 27.5 Å². The van der Waals surface area contributed by atoms with Crippen molar-refractivity contribution in [3.63, 3.8) is 0 Å². The monoisotopic (exact) mass is 507 g/mol. The molecule has 0 saturated carbocycles. The van der Waals surface area contributed by atoms with Crippen LogP contribution < -0.4 is 9.62 Å². The van der Waals surface area contributed by atoms with Crippen LogP contribution in [0.5, 0.6) is 0 Å². The van der Waals surface area contributed by atoms with Crippen LogP contribution in [0.1, 0.15) is 31.4 Å². The number of likely N-dealkylation sites (N-methyl/N-ethyl adjacent to an activating group) is 1. The maximum absolute atomic E-state index is 13.9. The van der Waals surface area contributed by atoms with Gasteiger partial charge in [-0.3, -0.25) is 13.9 Å². The number of carbonyl (C=O) groups excluding carboxylic acids is 2. The minimum atomic E-state index is -4.06. The molecule has 0 radical (unpaired) electrons. The Labute approximate surface area is 213 Å². The Morgan fingerprint density at radius 1 is 0.861 bits per heavy atom. The van der Waals surface area contributed by atoms with Gasteiger partial charge in [-0.05, 0) is 49.6 Å². The second-order valence-corrected chi connectivity index (χ2v) is 10.3. The van der Waals surface area contributed by atoms with Crippen LogP contribution in [0.2, 0.25) is 0 Å². The van der Waals surface area contributed by atoms with E-state index in [0.717, 1.165) is 15.4 Å². The molecular weight excluding hydrogens is 474 g/mol. The molecule has 0 saturated heterocycles. The summed E-state index contributed by atoms with van der Waals surface area (Å²) >= 11 is 0. The first-order chi connectivity index (χ1) is 17.3. The Morgan fingerprint density at radius 2 is 1.44 bits per heavy atom. The van der Waals surface area contributed by atoms with Gasteiger partial charge in [0.05, 0.1) is 10.6 Å². The van der Waals surface area contributed by atoms with Crippen LogP contribution in [-0.2, 0) is 26.2 Å². The zero-order valence-electron chi connectivity index (χ0n) is 20.9. The lowest BCUT2D eigenvalue weighted by Crippen LogP contribution is -2.52. The number of hydrogen-bond acceptors (Lipinski definition) is 4. The van der Waals surface area contributed by atoms with E-state index in [1.54, 1.807) is 43.3 Å². The molecule has 3 aromatic rings. The van der Waals surface area contributed by atoms with Crippen molar-refractivity contribution in [2.24, 2.45) is 0 Å². The van der Waals surface area contributed by atoms with Crippen molar-refractivity contribution in [2.75, 3.05) is 17.4 Å². The summed E-state index contributed by atoms with van der Waals surface area (Å²) in [6.07, 6.45) is 0.389. The highest BCUT2D eigenvalue weighted by molar-refractivity contribution is 7.92. The standard InChI is InChI=1S/C28H33N3O4S/c1-4-25(28(33)29-5-2)30(20-23-15-8-6-9-16-23)27(32)21-31(26-19-13-12-14-22(26)3)36(34,35)24-17-10-7-11-18-24/h6-19,25H,4-5,20-21H2,1-3H3,(H,29,33)/t25-/m0/s1.